The second-order valence-electron chi connectivity index (χ2n) is 10.5. The van der Waals surface area contributed by atoms with E-state index in [0.29, 0.717) is 43.0 Å². The van der Waals surface area contributed by atoms with Gasteiger partial charge in [-0.2, -0.15) is 0 Å². The van der Waals surface area contributed by atoms with E-state index in [1.54, 1.807) is 18.1 Å². The van der Waals surface area contributed by atoms with Crippen molar-refractivity contribution < 1.29 is 33.3 Å². The molecule has 1 fully saturated rings. The Morgan fingerprint density at radius 1 is 1.05 bits per heavy atom. The van der Waals surface area contributed by atoms with Gasteiger partial charge in [-0.1, -0.05) is 24.3 Å². The molecule has 226 valence electrons. The third kappa shape index (κ3) is 7.88. The van der Waals surface area contributed by atoms with Crippen LogP contribution in [0.15, 0.2) is 67.0 Å². The lowest BCUT2D eigenvalue weighted by Gasteiger charge is -2.25. The molecule has 0 radical (unpaired) electrons. The minimum absolute atomic E-state index is 0.0221. The summed E-state index contributed by atoms with van der Waals surface area (Å²) in [6.45, 7) is 1.17. The van der Waals surface area contributed by atoms with Crippen LogP contribution in [0.5, 0.6) is 17.2 Å². The molecule has 4 bridgehead atoms. The molecule has 1 saturated heterocycles. The van der Waals surface area contributed by atoms with Crippen molar-refractivity contribution in [3.8, 4) is 17.2 Å². The molecule has 5 rings (SSSR count). The number of amides is 3. The Labute approximate surface area is 250 Å². The third-order valence-corrected chi connectivity index (χ3v) is 7.50. The Hall–Kier alpha value is -4.48. The van der Waals surface area contributed by atoms with Crippen LogP contribution in [-0.4, -0.2) is 91.7 Å². The van der Waals surface area contributed by atoms with Crippen LogP contribution in [0.1, 0.15) is 27.9 Å². The molecule has 3 amide bonds. The minimum Gasteiger partial charge on any atom is -0.497 e. The zero-order valence-electron chi connectivity index (χ0n) is 24.4. The fraction of sp³-hybridized carbons (Fsp3) is 0.375. The zero-order chi connectivity index (χ0) is 30.2. The maximum Gasteiger partial charge on any atom is 0.256 e. The van der Waals surface area contributed by atoms with Crippen molar-refractivity contribution in [1.29, 1.82) is 0 Å². The molecule has 2 aliphatic heterocycles. The number of nitrogens with one attached hydrogen (secondary N) is 1. The molecule has 43 heavy (non-hydrogen) atoms. The highest BCUT2D eigenvalue weighted by molar-refractivity contribution is 5.96. The number of carbonyl (C=O) groups excluding carboxylic acids is 3. The first-order valence-electron chi connectivity index (χ1n) is 14.2. The van der Waals surface area contributed by atoms with Gasteiger partial charge in [0.15, 0.2) is 0 Å². The predicted octanol–water partition coefficient (Wildman–Crippen LogP) is 2.83. The van der Waals surface area contributed by atoms with E-state index in [0.717, 1.165) is 16.9 Å². The van der Waals surface area contributed by atoms with Gasteiger partial charge in [0.05, 0.1) is 50.8 Å². The molecular weight excluding hydrogens is 552 g/mol. The van der Waals surface area contributed by atoms with Crippen molar-refractivity contribution in [3.63, 3.8) is 0 Å². The summed E-state index contributed by atoms with van der Waals surface area (Å²) >= 11 is 0. The van der Waals surface area contributed by atoms with Gasteiger partial charge in [0.2, 0.25) is 11.8 Å². The molecule has 2 aromatic carbocycles. The summed E-state index contributed by atoms with van der Waals surface area (Å²) < 4.78 is 22.7. The number of carbonyl (C=O) groups is 3. The van der Waals surface area contributed by atoms with E-state index < -0.39 is 12.1 Å². The SMILES string of the molecule is COCCN1CC(=O)N[C@H]2CN(C(=O)CCc3ccc(OC)cc3)C[C@@H]2OCc2cccc(c2)Oc2cncc(c2)C1=O. The summed E-state index contributed by atoms with van der Waals surface area (Å²) in [6.07, 6.45) is 3.44. The Kier molecular flexibility index (Phi) is 9.85. The van der Waals surface area contributed by atoms with Crippen LogP contribution in [0.25, 0.3) is 0 Å². The van der Waals surface area contributed by atoms with Crippen molar-refractivity contribution >= 4 is 17.7 Å². The Morgan fingerprint density at radius 3 is 2.67 bits per heavy atom. The molecule has 3 aromatic rings. The lowest BCUT2D eigenvalue weighted by Crippen LogP contribution is -2.49. The molecule has 0 saturated carbocycles. The van der Waals surface area contributed by atoms with Gasteiger partial charge in [-0.15, -0.1) is 0 Å². The summed E-state index contributed by atoms with van der Waals surface area (Å²) in [6, 6.07) is 16.2. The van der Waals surface area contributed by atoms with E-state index >= 15 is 0 Å². The van der Waals surface area contributed by atoms with Crippen molar-refractivity contribution in [2.24, 2.45) is 0 Å². The first kappa shape index (κ1) is 30.0. The summed E-state index contributed by atoms with van der Waals surface area (Å²) in [5, 5.41) is 3.03. The monoisotopic (exact) mass is 588 g/mol. The summed E-state index contributed by atoms with van der Waals surface area (Å²) in [4.78, 5) is 47.3. The van der Waals surface area contributed by atoms with Crippen LogP contribution < -0.4 is 14.8 Å². The van der Waals surface area contributed by atoms with E-state index in [9.17, 15) is 14.4 Å². The van der Waals surface area contributed by atoms with E-state index in [2.05, 4.69) is 10.3 Å². The van der Waals surface area contributed by atoms with Crippen molar-refractivity contribution in [3.05, 3.63) is 83.7 Å². The van der Waals surface area contributed by atoms with Gasteiger partial charge in [-0.05, 0) is 47.9 Å². The van der Waals surface area contributed by atoms with E-state index in [-0.39, 0.29) is 44.0 Å². The van der Waals surface area contributed by atoms with Crippen LogP contribution in [0.3, 0.4) is 0 Å². The minimum atomic E-state index is -0.450. The standard InChI is InChI=1S/C32H36N4O7/c1-40-13-12-35-20-30(37)34-28-18-36(31(38)11-8-22-6-9-25(41-2)10-7-22)19-29(28)42-21-23-4-3-5-26(14-23)43-27-15-24(32(35)39)16-33-17-27/h3-7,9-10,14-17,28-29H,8,11-13,18-21H2,1-2H3,(H,34,37)/t28-,29-/m0/s1. The first-order chi connectivity index (χ1) is 20.9. The highest BCUT2D eigenvalue weighted by atomic mass is 16.5. The number of likely N-dealkylation sites (tertiary alicyclic amines) is 1. The van der Waals surface area contributed by atoms with Gasteiger partial charge in [0.1, 0.15) is 17.2 Å². The third-order valence-electron chi connectivity index (χ3n) is 7.50. The van der Waals surface area contributed by atoms with Crippen molar-refractivity contribution in [1.82, 2.24) is 20.1 Å². The van der Waals surface area contributed by atoms with Gasteiger partial charge in [-0.3, -0.25) is 19.4 Å². The van der Waals surface area contributed by atoms with Gasteiger partial charge < -0.3 is 34.1 Å². The molecule has 3 heterocycles. The number of benzene rings is 2. The van der Waals surface area contributed by atoms with Crippen molar-refractivity contribution in [2.75, 3.05) is 47.0 Å². The number of aromatic nitrogens is 1. The van der Waals surface area contributed by atoms with Crippen LogP contribution >= 0.6 is 0 Å². The number of methoxy groups -OCH3 is 2. The van der Waals surface area contributed by atoms with Crippen molar-refractivity contribution in [2.45, 2.75) is 31.6 Å². The molecule has 2 atom stereocenters. The lowest BCUT2D eigenvalue weighted by atomic mass is 10.1. The van der Waals surface area contributed by atoms with Crippen LogP contribution in [0, 0.1) is 0 Å². The number of fused-ring (bicyclic) bond motifs is 5. The molecule has 11 nitrogen and oxygen atoms in total. The topological polar surface area (TPSA) is 120 Å². The molecule has 11 heteroatoms. The van der Waals surface area contributed by atoms with Gasteiger partial charge in [0, 0.05) is 39.4 Å². The fourth-order valence-electron chi connectivity index (χ4n) is 5.18. The average Bonchev–Trinajstić information content (AvgIpc) is 3.43. The molecule has 2 aliphatic rings. The summed E-state index contributed by atoms with van der Waals surface area (Å²) in [5.41, 5.74) is 2.19. The summed E-state index contributed by atoms with van der Waals surface area (Å²) in [7, 11) is 3.15. The fourth-order valence-corrected chi connectivity index (χ4v) is 5.18. The average molecular weight is 589 g/mol. The van der Waals surface area contributed by atoms with Crippen LogP contribution in [-0.2, 0) is 32.1 Å². The number of hydrogen-bond donors (Lipinski definition) is 1. The Balaban J connectivity index is 1.34. The first-order valence-corrected chi connectivity index (χ1v) is 14.2. The maximum atomic E-state index is 13.4. The highest BCUT2D eigenvalue weighted by Gasteiger charge is 2.37. The molecule has 1 aromatic heterocycles. The van der Waals surface area contributed by atoms with Crippen LogP contribution in [0.2, 0.25) is 0 Å². The van der Waals surface area contributed by atoms with E-state index in [4.69, 9.17) is 18.9 Å². The number of rotatable bonds is 7. The molecule has 0 spiro atoms. The number of hydrogen-bond acceptors (Lipinski definition) is 8. The molecule has 0 aliphatic carbocycles. The molecular formula is C32H36N4O7. The highest BCUT2D eigenvalue weighted by Crippen LogP contribution is 2.25. The van der Waals surface area contributed by atoms with Gasteiger partial charge in [0.25, 0.3) is 5.91 Å². The van der Waals surface area contributed by atoms with Gasteiger partial charge >= 0.3 is 0 Å². The second-order valence-corrected chi connectivity index (χ2v) is 10.5. The summed E-state index contributed by atoms with van der Waals surface area (Å²) in [5.74, 6) is 0.977. The van der Waals surface area contributed by atoms with E-state index in [1.165, 1.54) is 24.4 Å². The number of ether oxygens (including phenoxy) is 4. The quantitative estimate of drug-likeness (QED) is 0.448. The number of pyridine rings is 1. The molecule has 1 N–H and O–H groups in total. The zero-order valence-corrected chi connectivity index (χ0v) is 24.4. The number of nitrogens with zero attached hydrogens (tertiary/aromatic N) is 3. The lowest BCUT2D eigenvalue weighted by molar-refractivity contribution is -0.130. The van der Waals surface area contributed by atoms with Crippen LogP contribution in [0.4, 0.5) is 0 Å². The normalized spacial score (nSPS) is 18.9. The number of aryl methyl sites for hydroxylation is 1. The van der Waals surface area contributed by atoms with Gasteiger partial charge in [-0.25, -0.2) is 0 Å². The second kappa shape index (κ2) is 14.1. The largest absolute Gasteiger partial charge is 0.497 e. The molecule has 0 unspecified atom stereocenters. The Morgan fingerprint density at radius 2 is 1.88 bits per heavy atom. The maximum absolute atomic E-state index is 13.4. The smallest absolute Gasteiger partial charge is 0.256 e. The predicted molar refractivity (Wildman–Crippen MR) is 157 cm³/mol. The Bertz CT molecular complexity index is 1430. The van der Waals surface area contributed by atoms with E-state index in [1.807, 2.05) is 48.5 Å².